The molecule has 0 N–H and O–H groups in total. The second-order valence-electron chi connectivity index (χ2n) is 5.94. The molecule has 0 saturated heterocycles. The Labute approximate surface area is 128 Å². The van der Waals surface area contributed by atoms with Crippen molar-refractivity contribution in [2.75, 3.05) is 24.8 Å². The first kappa shape index (κ1) is 15.5. The van der Waals surface area contributed by atoms with E-state index in [1.54, 1.807) is 11.1 Å². The lowest BCUT2D eigenvalue weighted by Gasteiger charge is -2.28. The number of aromatic nitrogens is 1. The van der Waals surface area contributed by atoms with E-state index in [-0.39, 0.29) is 19.2 Å². The minimum Gasteiger partial charge on any atom is -0.466 e. The van der Waals surface area contributed by atoms with Gasteiger partial charge in [0.05, 0.1) is 0 Å². The van der Waals surface area contributed by atoms with Crippen LogP contribution in [0.2, 0.25) is 25.7 Å². The molecule has 0 unspecified atom stereocenters. The van der Waals surface area contributed by atoms with Crippen LogP contribution < -0.4 is 9.64 Å². The molecule has 1 aliphatic heterocycles. The monoisotopic (exact) mass is 358 g/mol. The molecule has 1 aromatic rings. The van der Waals surface area contributed by atoms with E-state index < -0.39 is 8.07 Å². The summed E-state index contributed by atoms with van der Waals surface area (Å²) in [7, 11) is -1.11. The van der Waals surface area contributed by atoms with E-state index in [2.05, 4.69) is 40.6 Å². The van der Waals surface area contributed by atoms with Crippen LogP contribution in [0.4, 0.5) is 5.69 Å². The van der Waals surface area contributed by atoms with Gasteiger partial charge >= 0.3 is 0 Å². The van der Waals surface area contributed by atoms with Gasteiger partial charge in [-0.15, -0.1) is 0 Å². The highest BCUT2D eigenvalue weighted by Gasteiger charge is 2.27. The highest BCUT2D eigenvalue weighted by atomic mass is 79.9. The molecule has 0 aromatic carbocycles. The van der Waals surface area contributed by atoms with E-state index in [4.69, 9.17) is 9.47 Å². The van der Waals surface area contributed by atoms with Crippen LogP contribution >= 0.6 is 15.9 Å². The molecule has 20 heavy (non-hydrogen) atoms. The van der Waals surface area contributed by atoms with Gasteiger partial charge in [0.25, 0.3) is 5.91 Å². The average molecular weight is 359 g/mol. The van der Waals surface area contributed by atoms with Gasteiger partial charge in [0.1, 0.15) is 12.4 Å². The number of carbonyl (C=O) groups is 1. The molecule has 0 saturated carbocycles. The second-order valence-corrected chi connectivity index (χ2v) is 12.5. The number of pyridine rings is 1. The van der Waals surface area contributed by atoms with Crippen LogP contribution in [0.5, 0.6) is 5.88 Å². The van der Waals surface area contributed by atoms with Crippen LogP contribution in [-0.4, -0.2) is 38.9 Å². The second kappa shape index (κ2) is 6.24. The molecule has 1 aromatic heterocycles. The maximum Gasteiger partial charge on any atom is 0.267 e. The molecule has 5 nitrogen and oxygen atoms in total. The summed E-state index contributed by atoms with van der Waals surface area (Å²) < 4.78 is 11.8. The third-order valence-corrected chi connectivity index (χ3v) is 5.08. The van der Waals surface area contributed by atoms with Gasteiger partial charge in [-0.25, -0.2) is 4.98 Å². The quantitative estimate of drug-likeness (QED) is 0.599. The normalized spacial score (nSPS) is 15.0. The van der Waals surface area contributed by atoms with Crippen molar-refractivity contribution in [2.45, 2.75) is 25.7 Å². The maximum absolute atomic E-state index is 11.9. The number of ether oxygens (including phenoxy) is 2. The Morgan fingerprint density at radius 3 is 2.95 bits per heavy atom. The fourth-order valence-electron chi connectivity index (χ4n) is 1.74. The number of fused-ring (bicyclic) bond motifs is 1. The number of amides is 1. The van der Waals surface area contributed by atoms with Gasteiger partial charge in [0.15, 0.2) is 6.61 Å². The molecule has 1 aliphatic rings. The Kier molecular flexibility index (Phi) is 4.82. The number of halogens is 1. The SMILES string of the molecule is C[Si](C)(C)CCOCN1C(=O)COc2ncc(Br)cc21. The molecule has 0 atom stereocenters. The van der Waals surface area contributed by atoms with Crippen molar-refractivity contribution in [2.24, 2.45) is 0 Å². The van der Waals surface area contributed by atoms with Crippen LogP contribution in [0.25, 0.3) is 0 Å². The van der Waals surface area contributed by atoms with Crippen molar-refractivity contribution < 1.29 is 14.3 Å². The van der Waals surface area contributed by atoms with Crippen molar-refractivity contribution in [3.63, 3.8) is 0 Å². The van der Waals surface area contributed by atoms with E-state index >= 15 is 0 Å². The van der Waals surface area contributed by atoms with Gasteiger partial charge in [0.2, 0.25) is 5.88 Å². The Balaban J connectivity index is 2.01. The van der Waals surface area contributed by atoms with Gasteiger partial charge in [-0.05, 0) is 28.0 Å². The van der Waals surface area contributed by atoms with E-state index in [0.717, 1.165) is 10.5 Å². The molecule has 0 bridgehead atoms. The third kappa shape index (κ3) is 4.03. The summed E-state index contributed by atoms with van der Waals surface area (Å²) in [6.07, 6.45) is 1.65. The van der Waals surface area contributed by atoms with Crippen molar-refractivity contribution in [3.05, 3.63) is 16.7 Å². The average Bonchev–Trinajstić information content (AvgIpc) is 2.35. The van der Waals surface area contributed by atoms with E-state index in [1.165, 1.54) is 0 Å². The zero-order valence-corrected chi connectivity index (χ0v) is 14.6. The standard InChI is InChI=1S/C13H19BrN2O3Si/c1-20(2,3)5-4-18-9-16-11-6-10(14)7-15-13(11)19-8-12(16)17/h6-7H,4-5,8-9H2,1-3H3. The van der Waals surface area contributed by atoms with Crippen molar-refractivity contribution >= 4 is 35.6 Å². The molecule has 110 valence electrons. The molecule has 7 heteroatoms. The smallest absolute Gasteiger partial charge is 0.267 e. The lowest BCUT2D eigenvalue weighted by Crippen LogP contribution is -2.40. The summed E-state index contributed by atoms with van der Waals surface area (Å²) in [5, 5.41) is 0. The predicted molar refractivity (Wildman–Crippen MR) is 83.9 cm³/mol. The first-order chi connectivity index (χ1) is 9.37. The summed E-state index contributed by atoms with van der Waals surface area (Å²) in [4.78, 5) is 17.7. The summed E-state index contributed by atoms with van der Waals surface area (Å²) in [6, 6.07) is 2.90. The summed E-state index contributed by atoms with van der Waals surface area (Å²) in [5.74, 6) is 0.368. The fourth-order valence-corrected chi connectivity index (χ4v) is 2.81. The molecule has 2 rings (SSSR count). The van der Waals surface area contributed by atoms with E-state index in [9.17, 15) is 4.79 Å². The maximum atomic E-state index is 11.9. The number of nitrogens with zero attached hydrogens (tertiary/aromatic N) is 2. The molecule has 0 aliphatic carbocycles. The Morgan fingerprint density at radius 2 is 2.25 bits per heavy atom. The van der Waals surface area contributed by atoms with Crippen LogP contribution in [0, 0.1) is 0 Å². The Hall–Kier alpha value is -0.923. The molecule has 0 spiro atoms. The number of rotatable bonds is 5. The van der Waals surface area contributed by atoms with E-state index in [0.29, 0.717) is 18.2 Å². The number of hydrogen-bond acceptors (Lipinski definition) is 4. The molecule has 0 fully saturated rings. The van der Waals surface area contributed by atoms with Crippen molar-refractivity contribution in [1.82, 2.24) is 4.98 Å². The Morgan fingerprint density at radius 1 is 1.50 bits per heavy atom. The summed E-state index contributed by atoms with van der Waals surface area (Å²) in [6.45, 7) is 7.83. The molecule has 2 heterocycles. The van der Waals surface area contributed by atoms with Crippen molar-refractivity contribution in [1.29, 1.82) is 0 Å². The van der Waals surface area contributed by atoms with Crippen LogP contribution in [0.1, 0.15) is 0 Å². The minimum absolute atomic E-state index is 0.0129. The van der Waals surface area contributed by atoms with Gasteiger partial charge in [-0.3, -0.25) is 9.69 Å². The first-order valence-corrected chi connectivity index (χ1v) is 11.0. The number of carbonyl (C=O) groups excluding carboxylic acids is 1. The van der Waals surface area contributed by atoms with Gasteiger partial charge in [0, 0.05) is 25.4 Å². The summed E-state index contributed by atoms with van der Waals surface area (Å²) >= 11 is 3.35. The van der Waals surface area contributed by atoms with Gasteiger partial charge in [-0.2, -0.15) is 0 Å². The first-order valence-electron chi connectivity index (χ1n) is 6.53. The lowest BCUT2D eigenvalue weighted by molar-refractivity contribution is -0.122. The van der Waals surface area contributed by atoms with Crippen LogP contribution in [0.15, 0.2) is 16.7 Å². The lowest BCUT2D eigenvalue weighted by atomic mass is 10.3. The van der Waals surface area contributed by atoms with Gasteiger partial charge < -0.3 is 9.47 Å². The topological polar surface area (TPSA) is 51.7 Å². The summed E-state index contributed by atoms with van der Waals surface area (Å²) in [5.41, 5.74) is 0.656. The molecule has 0 radical (unpaired) electrons. The fraction of sp³-hybridized carbons (Fsp3) is 0.538. The molecular weight excluding hydrogens is 340 g/mol. The zero-order chi connectivity index (χ0) is 14.8. The van der Waals surface area contributed by atoms with Crippen LogP contribution in [0.3, 0.4) is 0 Å². The largest absolute Gasteiger partial charge is 0.466 e. The highest BCUT2D eigenvalue weighted by Crippen LogP contribution is 2.32. The van der Waals surface area contributed by atoms with E-state index in [1.807, 2.05) is 6.07 Å². The third-order valence-electron chi connectivity index (χ3n) is 2.94. The van der Waals surface area contributed by atoms with Crippen LogP contribution in [-0.2, 0) is 9.53 Å². The Bertz CT molecular complexity index is 505. The highest BCUT2D eigenvalue weighted by molar-refractivity contribution is 9.10. The predicted octanol–water partition coefficient (Wildman–Crippen LogP) is 2.88. The zero-order valence-electron chi connectivity index (χ0n) is 12.0. The van der Waals surface area contributed by atoms with Gasteiger partial charge in [-0.1, -0.05) is 19.6 Å². The number of hydrogen-bond donors (Lipinski definition) is 0. The minimum atomic E-state index is -1.11. The number of anilines is 1. The molecule has 1 amide bonds. The van der Waals surface area contributed by atoms with Crippen molar-refractivity contribution in [3.8, 4) is 5.88 Å². The molecular formula is C13H19BrN2O3Si.